The summed E-state index contributed by atoms with van der Waals surface area (Å²) < 4.78 is 13.0. The Morgan fingerprint density at radius 3 is 2.23 bits per heavy atom. The van der Waals surface area contributed by atoms with Crippen molar-refractivity contribution in [1.82, 2.24) is 10.2 Å². The average molecular weight is 193 g/mol. The number of nitrogens with zero attached hydrogens (tertiary/aromatic N) is 2. The zero-order valence-corrected chi connectivity index (χ0v) is 8.32. The Morgan fingerprint density at radius 1 is 1.54 bits per heavy atom. The molecule has 2 N–H and O–H groups in total. The molecule has 78 valence electrons. The summed E-state index contributed by atoms with van der Waals surface area (Å²) in [6.45, 7) is 3.52. The van der Waals surface area contributed by atoms with Crippen molar-refractivity contribution < 1.29 is 14.1 Å². The van der Waals surface area contributed by atoms with Gasteiger partial charge in [0.25, 0.3) is 0 Å². The van der Waals surface area contributed by atoms with Crippen LogP contribution in [0.25, 0.3) is 0 Å². The Kier molecular flexibility index (Phi) is 4.64. The molecular formula is C7H16FN3O2. The Labute approximate surface area is 77.1 Å². The second-order valence-corrected chi connectivity index (χ2v) is 3.06. The number of nitrogens with two attached hydrogens (primary N) is 1. The first kappa shape index (κ1) is 12.1. The van der Waals surface area contributed by atoms with E-state index in [0.717, 1.165) is 4.90 Å². The summed E-state index contributed by atoms with van der Waals surface area (Å²) in [5.41, 5.74) is 5.01. The quantitative estimate of drug-likeness (QED) is 0.406. The summed E-state index contributed by atoms with van der Waals surface area (Å²) in [7, 11) is 2.60. The lowest BCUT2D eigenvalue weighted by atomic mass is 10.1. The molecule has 13 heavy (non-hydrogen) atoms. The van der Waals surface area contributed by atoms with E-state index < -0.39 is 12.2 Å². The smallest absolute Gasteiger partial charge is 0.315 e. The van der Waals surface area contributed by atoms with Crippen LogP contribution in [0.5, 0.6) is 0 Å². The van der Waals surface area contributed by atoms with E-state index in [2.05, 4.69) is 4.84 Å². The lowest BCUT2D eigenvalue weighted by Crippen LogP contribution is -2.50. The van der Waals surface area contributed by atoms with Gasteiger partial charge >= 0.3 is 6.03 Å². The van der Waals surface area contributed by atoms with Crippen LogP contribution < -0.4 is 5.73 Å². The van der Waals surface area contributed by atoms with Crippen molar-refractivity contribution >= 4 is 6.03 Å². The zero-order valence-electron chi connectivity index (χ0n) is 8.32. The number of carbonyl (C=O) groups is 1. The average Bonchev–Trinajstić information content (AvgIpc) is 2.03. The van der Waals surface area contributed by atoms with Crippen LogP contribution in [-0.2, 0) is 4.84 Å². The van der Waals surface area contributed by atoms with Crippen molar-refractivity contribution in [3.05, 3.63) is 0 Å². The number of hydroxylamine groups is 1. The maximum absolute atomic E-state index is 13.0. The van der Waals surface area contributed by atoms with E-state index in [9.17, 15) is 9.28 Å². The third-order valence-corrected chi connectivity index (χ3v) is 1.72. The van der Waals surface area contributed by atoms with Gasteiger partial charge in [0.1, 0.15) is 6.17 Å². The Balaban J connectivity index is 4.50. The fraction of sp³-hybridized carbons (Fsp3) is 0.857. The molecule has 0 fully saturated rings. The molecule has 0 rings (SSSR count). The van der Waals surface area contributed by atoms with Gasteiger partial charge < -0.3 is 10.6 Å². The predicted octanol–water partition coefficient (Wildman–Crippen LogP) is 0.727. The molecule has 0 radical (unpaired) electrons. The van der Waals surface area contributed by atoms with E-state index in [0.29, 0.717) is 0 Å². The number of amides is 2. The maximum Gasteiger partial charge on any atom is 0.315 e. The van der Waals surface area contributed by atoms with E-state index in [-0.39, 0.29) is 11.2 Å². The second kappa shape index (κ2) is 4.98. The van der Waals surface area contributed by atoms with Gasteiger partial charge in [0, 0.05) is 12.3 Å². The fourth-order valence-corrected chi connectivity index (χ4v) is 1.06. The molecule has 5 nitrogen and oxygen atoms in total. The lowest BCUT2D eigenvalue weighted by Gasteiger charge is -2.31. The van der Waals surface area contributed by atoms with Crippen LogP contribution in [0.3, 0.4) is 0 Å². The number of rotatable bonds is 4. The fourth-order valence-electron chi connectivity index (χ4n) is 1.06. The Hall–Kier alpha value is -0.880. The minimum atomic E-state index is -0.803. The van der Waals surface area contributed by atoms with E-state index >= 15 is 0 Å². The molecule has 0 aliphatic heterocycles. The van der Waals surface area contributed by atoms with E-state index in [1.807, 2.05) is 0 Å². The normalized spacial score (nSPS) is 13.5. The molecule has 0 saturated carbocycles. The molecule has 6 heteroatoms. The topological polar surface area (TPSA) is 58.8 Å². The number of hydrogen-bond acceptors (Lipinski definition) is 3. The zero-order chi connectivity index (χ0) is 10.6. The molecule has 0 aromatic carbocycles. The van der Waals surface area contributed by atoms with Crippen molar-refractivity contribution in [2.75, 3.05) is 14.2 Å². The second-order valence-electron chi connectivity index (χ2n) is 3.06. The van der Waals surface area contributed by atoms with E-state index in [1.165, 1.54) is 14.2 Å². The van der Waals surface area contributed by atoms with Gasteiger partial charge in [0.05, 0.1) is 7.11 Å². The minimum absolute atomic E-state index is 0.107. The molecule has 0 saturated heterocycles. The van der Waals surface area contributed by atoms with Crippen LogP contribution in [0.4, 0.5) is 9.28 Å². The summed E-state index contributed by atoms with van der Waals surface area (Å²) in [6.07, 6.45) is -0.803. The van der Waals surface area contributed by atoms with Crippen molar-refractivity contribution in [3.8, 4) is 0 Å². The summed E-state index contributed by atoms with van der Waals surface area (Å²) >= 11 is 0. The molecule has 2 amide bonds. The van der Waals surface area contributed by atoms with Gasteiger partial charge in [-0.25, -0.2) is 4.79 Å². The SMILES string of the molecule is CON(F)C(C(C)C)N(C)C(N)=O. The highest BCUT2D eigenvalue weighted by molar-refractivity contribution is 5.71. The largest absolute Gasteiger partial charge is 0.351 e. The van der Waals surface area contributed by atoms with Gasteiger partial charge in [-0.3, -0.25) is 4.84 Å². The molecule has 1 atom stereocenters. The summed E-state index contributed by atoms with van der Waals surface area (Å²) in [4.78, 5) is 16.2. The van der Waals surface area contributed by atoms with Crippen LogP contribution in [0.15, 0.2) is 0 Å². The molecule has 0 aliphatic carbocycles. The maximum atomic E-state index is 13.0. The summed E-state index contributed by atoms with van der Waals surface area (Å²) in [5, 5.41) is 0.107. The Bertz CT molecular complexity index is 177. The van der Waals surface area contributed by atoms with Gasteiger partial charge in [-0.15, -0.1) is 4.48 Å². The first-order chi connectivity index (χ1) is 5.91. The molecule has 0 aliphatic rings. The molecule has 0 bridgehead atoms. The molecule has 1 unspecified atom stereocenters. The number of halogens is 1. The summed E-state index contributed by atoms with van der Waals surface area (Å²) in [6, 6.07) is -0.696. The van der Waals surface area contributed by atoms with Gasteiger partial charge in [0.2, 0.25) is 0 Å². The third-order valence-electron chi connectivity index (χ3n) is 1.72. The first-order valence-corrected chi connectivity index (χ1v) is 3.93. The van der Waals surface area contributed by atoms with E-state index in [4.69, 9.17) is 5.73 Å². The Morgan fingerprint density at radius 2 is 2.00 bits per heavy atom. The molecule has 0 heterocycles. The highest BCUT2D eigenvalue weighted by Gasteiger charge is 2.28. The van der Waals surface area contributed by atoms with Gasteiger partial charge in [-0.2, -0.15) is 0 Å². The molecule has 0 spiro atoms. The van der Waals surface area contributed by atoms with Crippen molar-refractivity contribution in [1.29, 1.82) is 0 Å². The molecule has 0 aromatic rings. The van der Waals surface area contributed by atoms with Crippen LogP contribution in [0.1, 0.15) is 13.8 Å². The van der Waals surface area contributed by atoms with E-state index in [1.54, 1.807) is 13.8 Å². The van der Waals surface area contributed by atoms with Crippen LogP contribution in [0.2, 0.25) is 0 Å². The van der Waals surface area contributed by atoms with Crippen LogP contribution in [0, 0.1) is 5.92 Å². The number of carbonyl (C=O) groups excluding carboxylic acids is 1. The third kappa shape index (κ3) is 3.16. The van der Waals surface area contributed by atoms with Gasteiger partial charge in [-0.1, -0.05) is 13.8 Å². The van der Waals surface area contributed by atoms with Crippen LogP contribution >= 0.6 is 0 Å². The van der Waals surface area contributed by atoms with Crippen molar-refractivity contribution in [2.24, 2.45) is 11.7 Å². The van der Waals surface area contributed by atoms with Gasteiger partial charge in [0.15, 0.2) is 0 Å². The van der Waals surface area contributed by atoms with Crippen molar-refractivity contribution in [2.45, 2.75) is 20.0 Å². The summed E-state index contributed by atoms with van der Waals surface area (Å²) in [5.74, 6) is -0.123. The lowest BCUT2D eigenvalue weighted by molar-refractivity contribution is -0.314. The number of primary amides is 1. The first-order valence-electron chi connectivity index (χ1n) is 3.93. The number of hydrogen-bond donors (Lipinski definition) is 1. The molecular weight excluding hydrogens is 177 g/mol. The monoisotopic (exact) mass is 193 g/mol. The highest BCUT2D eigenvalue weighted by atomic mass is 19.2. The highest BCUT2D eigenvalue weighted by Crippen LogP contribution is 2.14. The standard InChI is InChI=1S/C7H16FN3O2/c1-5(2)6(11(8)13-4)10(3)7(9)12/h5-6H,1-4H3,(H2,9,12). The van der Waals surface area contributed by atoms with Crippen LogP contribution in [-0.4, -0.2) is 36.5 Å². The predicted molar refractivity (Wildman–Crippen MR) is 45.9 cm³/mol. The number of urea groups is 1. The van der Waals surface area contributed by atoms with Gasteiger partial charge in [-0.05, 0) is 5.92 Å². The molecule has 0 aromatic heterocycles. The van der Waals surface area contributed by atoms with Crippen molar-refractivity contribution in [3.63, 3.8) is 0 Å². The minimum Gasteiger partial charge on any atom is -0.351 e.